The molecule has 1 unspecified atom stereocenters. The van der Waals surface area contributed by atoms with Crippen molar-refractivity contribution in [3.05, 3.63) is 68.9 Å². The van der Waals surface area contributed by atoms with E-state index in [0.717, 1.165) is 10.0 Å². The first-order valence-corrected chi connectivity index (χ1v) is 6.93. The molecule has 0 aliphatic heterocycles. The Morgan fingerprint density at radius 1 is 1.26 bits per heavy atom. The van der Waals surface area contributed by atoms with Crippen LogP contribution in [0, 0.1) is 5.82 Å². The van der Waals surface area contributed by atoms with Gasteiger partial charge in [-0.25, -0.2) is 4.39 Å². The normalized spacial score (nSPS) is 12.4. The molecule has 0 aliphatic carbocycles. The van der Waals surface area contributed by atoms with Crippen LogP contribution in [0.25, 0.3) is 0 Å². The monoisotopic (exact) mass is 342 g/mol. The molecule has 0 heterocycles. The summed E-state index contributed by atoms with van der Waals surface area (Å²) < 4.78 is 14.9. The van der Waals surface area contributed by atoms with E-state index >= 15 is 0 Å². The molecule has 0 radical (unpaired) electrons. The molecular weight excluding hydrogens is 331 g/mol. The number of nitrogens with two attached hydrogens (primary N) is 1. The lowest BCUT2D eigenvalue weighted by Gasteiger charge is -2.17. The molecule has 3 N–H and O–H groups in total. The van der Waals surface area contributed by atoms with E-state index in [4.69, 9.17) is 17.4 Å². The second kappa shape index (κ2) is 6.48. The molecule has 2 nitrogen and oxygen atoms in total. The minimum Gasteiger partial charge on any atom is -0.271 e. The van der Waals surface area contributed by atoms with Crippen LogP contribution in [-0.4, -0.2) is 0 Å². The molecule has 0 bridgehead atoms. The molecule has 1 atom stereocenters. The van der Waals surface area contributed by atoms with E-state index in [0.29, 0.717) is 17.0 Å². The van der Waals surface area contributed by atoms with E-state index in [-0.39, 0.29) is 11.9 Å². The third-order valence-electron chi connectivity index (χ3n) is 2.87. The first kappa shape index (κ1) is 14.5. The Kier molecular flexibility index (Phi) is 4.93. The van der Waals surface area contributed by atoms with Crippen LogP contribution in [-0.2, 0) is 6.42 Å². The highest BCUT2D eigenvalue weighted by Crippen LogP contribution is 2.24. The summed E-state index contributed by atoms with van der Waals surface area (Å²) >= 11 is 9.16. The largest absolute Gasteiger partial charge is 0.271 e. The zero-order chi connectivity index (χ0) is 13.8. The van der Waals surface area contributed by atoms with Crippen molar-refractivity contribution in [1.82, 2.24) is 5.43 Å². The van der Waals surface area contributed by atoms with E-state index in [1.54, 1.807) is 12.1 Å². The smallest absolute Gasteiger partial charge is 0.129 e. The van der Waals surface area contributed by atoms with Gasteiger partial charge in [0.1, 0.15) is 5.82 Å². The van der Waals surface area contributed by atoms with E-state index in [1.807, 2.05) is 24.3 Å². The highest BCUT2D eigenvalue weighted by Gasteiger charge is 2.15. The average molecular weight is 344 g/mol. The van der Waals surface area contributed by atoms with Crippen LogP contribution in [0.3, 0.4) is 0 Å². The third kappa shape index (κ3) is 3.76. The molecular formula is C14H13BrClFN2. The summed E-state index contributed by atoms with van der Waals surface area (Å²) in [7, 11) is 0. The Balaban J connectivity index is 2.25. The first-order chi connectivity index (χ1) is 9.10. The third-order valence-corrected chi connectivity index (χ3v) is 3.60. The Labute approximate surface area is 124 Å². The number of benzene rings is 2. The van der Waals surface area contributed by atoms with Gasteiger partial charge in [0.05, 0.1) is 6.04 Å². The van der Waals surface area contributed by atoms with E-state index in [9.17, 15) is 4.39 Å². The number of rotatable bonds is 4. The zero-order valence-corrected chi connectivity index (χ0v) is 12.4. The zero-order valence-electron chi connectivity index (χ0n) is 10.0. The lowest BCUT2D eigenvalue weighted by molar-refractivity contribution is 0.510. The quantitative estimate of drug-likeness (QED) is 0.651. The van der Waals surface area contributed by atoms with Crippen molar-refractivity contribution in [2.24, 2.45) is 5.84 Å². The minimum atomic E-state index is -0.356. The Morgan fingerprint density at radius 3 is 2.68 bits per heavy atom. The molecule has 2 aromatic carbocycles. The summed E-state index contributed by atoms with van der Waals surface area (Å²) in [6.07, 6.45) is 0.592. The van der Waals surface area contributed by atoms with Crippen LogP contribution < -0.4 is 11.3 Å². The van der Waals surface area contributed by atoms with Crippen LogP contribution in [0.15, 0.2) is 46.9 Å². The first-order valence-electron chi connectivity index (χ1n) is 5.75. The van der Waals surface area contributed by atoms with Gasteiger partial charge >= 0.3 is 0 Å². The molecule has 0 saturated heterocycles. The Bertz CT molecular complexity index is 577. The predicted molar refractivity (Wildman–Crippen MR) is 79.3 cm³/mol. The SMILES string of the molecule is NNC(Cc1cccc(Br)c1)c1ccc(Cl)cc1F. The predicted octanol–water partition coefficient (Wildman–Crippen LogP) is 3.99. The van der Waals surface area contributed by atoms with Crippen molar-refractivity contribution in [2.75, 3.05) is 0 Å². The summed E-state index contributed by atoms with van der Waals surface area (Å²) in [6, 6.07) is 12.1. The maximum Gasteiger partial charge on any atom is 0.129 e. The molecule has 2 aromatic rings. The van der Waals surface area contributed by atoms with Crippen LogP contribution in [0.4, 0.5) is 4.39 Å². The molecule has 0 aliphatic rings. The summed E-state index contributed by atoms with van der Waals surface area (Å²) in [5.41, 5.74) is 4.22. The minimum absolute atomic E-state index is 0.299. The molecule has 19 heavy (non-hydrogen) atoms. The van der Waals surface area contributed by atoms with Crippen LogP contribution in [0.5, 0.6) is 0 Å². The maximum atomic E-state index is 13.9. The van der Waals surface area contributed by atoms with Crippen molar-refractivity contribution in [2.45, 2.75) is 12.5 Å². The van der Waals surface area contributed by atoms with Crippen molar-refractivity contribution in [3.63, 3.8) is 0 Å². The fraction of sp³-hybridized carbons (Fsp3) is 0.143. The number of hydrogen-bond donors (Lipinski definition) is 2. The van der Waals surface area contributed by atoms with Gasteiger partial charge in [-0.1, -0.05) is 45.7 Å². The fourth-order valence-corrected chi connectivity index (χ4v) is 2.55. The average Bonchev–Trinajstić information content (AvgIpc) is 2.37. The van der Waals surface area contributed by atoms with Gasteiger partial charge in [-0.15, -0.1) is 0 Å². The van der Waals surface area contributed by atoms with Gasteiger partial charge in [0.15, 0.2) is 0 Å². The second-order valence-corrected chi connectivity index (χ2v) is 5.57. The van der Waals surface area contributed by atoms with E-state index in [1.165, 1.54) is 6.07 Å². The Morgan fingerprint density at radius 2 is 2.05 bits per heavy atom. The van der Waals surface area contributed by atoms with Crippen molar-refractivity contribution >= 4 is 27.5 Å². The topological polar surface area (TPSA) is 38.0 Å². The summed E-state index contributed by atoms with van der Waals surface area (Å²) in [6.45, 7) is 0. The van der Waals surface area contributed by atoms with Gasteiger partial charge in [-0.2, -0.15) is 0 Å². The summed E-state index contributed by atoms with van der Waals surface area (Å²) in [5, 5.41) is 0.375. The standard InChI is InChI=1S/C14H13BrClFN2/c15-10-3-1-2-9(6-10)7-14(19-18)12-5-4-11(16)8-13(12)17/h1-6,8,14,19H,7,18H2. The van der Waals surface area contributed by atoms with Crippen LogP contribution >= 0.6 is 27.5 Å². The maximum absolute atomic E-state index is 13.9. The lowest BCUT2D eigenvalue weighted by atomic mass is 9.99. The fourth-order valence-electron chi connectivity index (χ4n) is 1.94. The highest BCUT2D eigenvalue weighted by atomic mass is 79.9. The van der Waals surface area contributed by atoms with Gasteiger partial charge in [0, 0.05) is 15.1 Å². The molecule has 0 fully saturated rings. The van der Waals surface area contributed by atoms with Crippen molar-refractivity contribution in [1.29, 1.82) is 0 Å². The highest BCUT2D eigenvalue weighted by molar-refractivity contribution is 9.10. The molecule has 0 saturated carbocycles. The summed E-state index contributed by atoms with van der Waals surface area (Å²) in [5.74, 6) is 5.18. The number of hydrogen-bond acceptors (Lipinski definition) is 2. The molecule has 0 spiro atoms. The molecule has 5 heteroatoms. The molecule has 0 aromatic heterocycles. The Hall–Kier alpha value is -0.940. The van der Waals surface area contributed by atoms with Gasteiger partial charge in [-0.3, -0.25) is 11.3 Å². The second-order valence-electron chi connectivity index (χ2n) is 4.22. The van der Waals surface area contributed by atoms with Crippen LogP contribution in [0.2, 0.25) is 5.02 Å². The van der Waals surface area contributed by atoms with Crippen LogP contribution in [0.1, 0.15) is 17.2 Å². The van der Waals surface area contributed by atoms with E-state index in [2.05, 4.69) is 21.4 Å². The van der Waals surface area contributed by atoms with E-state index < -0.39 is 0 Å². The molecule has 2 rings (SSSR count). The number of nitrogens with one attached hydrogen (secondary N) is 1. The van der Waals surface area contributed by atoms with Gasteiger partial charge < -0.3 is 0 Å². The van der Waals surface area contributed by atoms with Crippen molar-refractivity contribution in [3.8, 4) is 0 Å². The lowest BCUT2D eigenvalue weighted by Crippen LogP contribution is -2.30. The number of hydrazine groups is 1. The van der Waals surface area contributed by atoms with Crippen molar-refractivity contribution < 1.29 is 4.39 Å². The summed E-state index contributed by atoms with van der Waals surface area (Å²) in [4.78, 5) is 0. The molecule has 100 valence electrons. The molecule has 0 amide bonds. The van der Waals surface area contributed by atoms with Gasteiger partial charge in [-0.05, 0) is 36.2 Å². The number of halogens is 3. The van der Waals surface area contributed by atoms with Gasteiger partial charge in [0.25, 0.3) is 0 Å². The van der Waals surface area contributed by atoms with Gasteiger partial charge in [0.2, 0.25) is 0 Å².